The number of aliphatic carboxylic acids is 1. The fourth-order valence-electron chi connectivity index (χ4n) is 2.27. The van der Waals surface area contributed by atoms with E-state index < -0.39 is 23.6 Å². The molecule has 1 saturated heterocycles. The highest BCUT2D eigenvalue weighted by molar-refractivity contribution is 5.82. The lowest BCUT2D eigenvalue weighted by Gasteiger charge is -2.44. The van der Waals surface area contributed by atoms with Gasteiger partial charge in [-0.25, -0.2) is 0 Å². The molecule has 5 heteroatoms. The Morgan fingerprint density at radius 2 is 2.06 bits per heavy atom. The number of hydrogen-bond donors (Lipinski definition) is 1. The van der Waals surface area contributed by atoms with Crippen molar-refractivity contribution in [2.24, 2.45) is 0 Å². The Kier molecular flexibility index (Phi) is 4.51. The molecule has 0 aromatic carbocycles. The van der Waals surface area contributed by atoms with E-state index in [2.05, 4.69) is 0 Å². The average Bonchev–Trinajstić information content (AvgIpc) is 2.31. The third-order valence-corrected chi connectivity index (χ3v) is 3.58. The van der Waals surface area contributed by atoms with Crippen LogP contribution in [0.4, 0.5) is 0 Å². The largest absolute Gasteiger partial charge is 0.481 e. The summed E-state index contributed by atoms with van der Waals surface area (Å²) in [5, 5.41) is 8.81. The number of nitrogens with zero attached hydrogens (tertiary/aromatic N) is 1. The van der Waals surface area contributed by atoms with Crippen LogP contribution in [0.1, 0.15) is 40.0 Å². The van der Waals surface area contributed by atoms with Crippen LogP contribution in [0.3, 0.4) is 0 Å². The second-order valence-electron chi connectivity index (χ2n) is 4.49. The number of esters is 1. The molecule has 98 valence electrons. The molecule has 0 saturated carbocycles. The molecular weight excluding hydrogens is 222 g/mol. The third-order valence-electron chi connectivity index (χ3n) is 3.58. The zero-order valence-electron chi connectivity index (χ0n) is 10.7. The van der Waals surface area contributed by atoms with Crippen LogP contribution in [0.15, 0.2) is 0 Å². The van der Waals surface area contributed by atoms with E-state index in [0.717, 1.165) is 12.8 Å². The van der Waals surface area contributed by atoms with Gasteiger partial charge >= 0.3 is 11.9 Å². The number of cyclic esters (lactones) is 1. The van der Waals surface area contributed by atoms with Crippen molar-refractivity contribution in [3.8, 4) is 0 Å². The van der Waals surface area contributed by atoms with Crippen LogP contribution >= 0.6 is 0 Å². The molecular formula is C12H21NO4. The van der Waals surface area contributed by atoms with Gasteiger partial charge in [0.1, 0.15) is 11.6 Å². The lowest BCUT2D eigenvalue weighted by Crippen LogP contribution is -2.59. The normalized spacial score (nSPS) is 24.4. The molecule has 1 rings (SSSR count). The smallest absolute Gasteiger partial charge is 0.324 e. The molecule has 0 aromatic heterocycles. The van der Waals surface area contributed by atoms with E-state index in [1.807, 2.05) is 25.7 Å². The third kappa shape index (κ3) is 2.97. The molecule has 0 bridgehead atoms. The van der Waals surface area contributed by atoms with E-state index in [1.165, 1.54) is 0 Å². The molecule has 0 amide bonds. The van der Waals surface area contributed by atoms with Gasteiger partial charge in [0.2, 0.25) is 0 Å². The average molecular weight is 243 g/mol. The maximum Gasteiger partial charge on any atom is 0.324 e. The molecule has 1 unspecified atom stereocenters. The number of ether oxygens (including phenoxy) is 1. The lowest BCUT2D eigenvalue weighted by atomic mass is 9.92. The Bertz CT molecular complexity index is 299. The molecule has 0 spiro atoms. The van der Waals surface area contributed by atoms with Gasteiger partial charge < -0.3 is 9.84 Å². The molecule has 1 aliphatic heterocycles. The minimum absolute atomic E-state index is 0.184. The number of morpholine rings is 1. The molecule has 0 aromatic rings. The molecule has 5 nitrogen and oxygen atoms in total. The minimum Gasteiger partial charge on any atom is -0.481 e. The number of rotatable bonds is 5. The summed E-state index contributed by atoms with van der Waals surface area (Å²) in [6, 6.07) is -0.635. The second-order valence-corrected chi connectivity index (χ2v) is 4.49. The van der Waals surface area contributed by atoms with Crippen LogP contribution in [-0.2, 0) is 14.3 Å². The van der Waals surface area contributed by atoms with Crippen LogP contribution in [0.25, 0.3) is 0 Å². The molecule has 17 heavy (non-hydrogen) atoms. The van der Waals surface area contributed by atoms with E-state index in [9.17, 15) is 9.59 Å². The number of carbonyl (C=O) groups is 2. The first-order valence-corrected chi connectivity index (χ1v) is 6.16. The summed E-state index contributed by atoms with van der Waals surface area (Å²) in [6.07, 6.45) is 1.33. The summed E-state index contributed by atoms with van der Waals surface area (Å²) in [5.41, 5.74) is -0.442. The molecule has 1 atom stereocenters. The quantitative estimate of drug-likeness (QED) is 0.736. The first-order chi connectivity index (χ1) is 7.98. The monoisotopic (exact) mass is 243 g/mol. The maximum atomic E-state index is 11.9. The van der Waals surface area contributed by atoms with Gasteiger partial charge in [-0.1, -0.05) is 20.8 Å². The number of carbonyl (C=O) groups excluding carboxylic acids is 1. The Hall–Kier alpha value is -1.10. The Balaban J connectivity index is 2.86. The lowest BCUT2D eigenvalue weighted by molar-refractivity contribution is -0.186. The van der Waals surface area contributed by atoms with Gasteiger partial charge in [-0.3, -0.25) is 14.5 Å². The van der Waals surface area contributed by atoms with E-state index in [1.54, 1.807) is 0 Å². The summed E-state index contributed by atoms with van der Waals surface area (Å²) >= 11 is 0. The van der Waals surface area contributed by atoms with Crippen molar-refractivity contribution >= 4 is 11.9 Å². The fraction of sp³-hybridized carbons (Fsp3) is 0.833. The van der Waals surface area contributed by atoms with E-state index in [4.69, 9.17) is 9.84 Å². The zero-order valence-corrected chi connectivity index (χ0v) is 10.7. The minimum atomic E-state index is -0.967. The van der Waals surface area contributed by atoms with Crippen molar-refractivity contribution < 1.29 is 19.4 Å². The summed E-state index contributed by atoms with van der Waals surface area (Å²) in [5.74, 6) is -1.37. The maximum absolute atomic E-state index is 11.9. The van der Waals surface area contributed by atoms with Crippen molar-refractivity contribution in [1.82, 2.24) is 4.90 Å². The van der Waals surface area contributed by atoms with Crippen LogP contribution in [0.2, 0.25) is 0 Å². The topological polar surface area (TPSA) is 66.8 Å². The molecule has 1 fully saturated rings. The standard InChI is InChI=1S/C12H21NO4/c1-4-12(5-2)8-13(6-3)9(7-10(14)15)11(16)17-12/h9H,4-8H2,1-3H3,(H,14,15). The van der Waals surface area contributed by atoms with Crippen LogP contribution < -0.4 is 0 Å². The first-order valence-electron chi connectivity index (χ1n) is 6.16. The number of carboxylic acids is 1. The molecule has 0 radical (unpaired) electrons. The Morgan fingerprint density at radius 1 is 1.47 bits per heavy atom. The van der Waals surface area contributed by atoms with Gasteiger partial charge in [0, 0.05) is 6.54 Å². The van der Waals surface area contributed by atoms with Crippen LogP contribution in [0, 0.1) is 0 Å². The van der Waals surface area contributed by atoms with Gasteiger partial charge in [-0.2, -0.15) is 0 Å². The van der Waals surface area contributed by atoms with E-state index in [-0.39, 0.29) is 6.42 Å². The van der Waals surface area contributed by atoms with Crippen molar-refractivity contribution in [3.63, 3.8) is 0 Å². The molecule has 1 aliphatic rings. The Morgan fingerprint density at radius 3 is 2.47 bits per heavy atom. The van der Waals surface area contributed by atoms with Crippen LogP contribution in [-0.4, -0.2) is 46.7 Å². The number of likely N-dealkylation sites (N-methyl/N-ethyl adjacent to an activating group) is 1. The molecule has 1 heterocycles. The number of hydrogen-bond acceptors (Lipinski definition) is 4. The Labute approximate surface area is 102 Å². The summed E-state index contributed by atoms with van der Waals surface area (Å²) in [4.78, 5) is 24.6. The van der Waals surface area contributed by atoms with E-state index in [0.29, 0.717) is 13.1 Å². The summed E-state index contributed by atoms with van der Waals surface area (Å²) < 4.78 is 5.47. The highest BCUT2D eigenvalue weighted by atomic mass is 16.6. The highest BCUT2D eigenvalue weighted by Crippen LogP contribution is 2.29. The SMILES string of the molecule is CCN1CC(CC)(CC)OC(=O)C1CC(=O)O. The molecule has 1 N–H and O–H groups in total. The summed E-state index contributed by atoms with van der Waals surface area (Å²) in [7, 11) is 0. The van der Waals surface area contributed by atoms with E-state index >= 15 is 0 Å². The molecule has 0 aliphatic carbocycles. The number of carboxylic acid groups (broad SMARTS) is 1. The zero-order chi connectivity index (χ0) is 13.1. The van der Waals surface area contributed by atoms with Crippen molar-refractivity contribution in [2.45, 2.75) is 51.7 Å². The van der Waals surface area contributed by atoms with Gasteiger partial charge in [-0.15, -0.1) is 0 Å². The predicted molar refractivity (Wildman–Crippen MR) is 62.7 cm³/mol. The van der Waals surface area contributed by atoms with Gasteiger partial charge in [-0.05, 0) is 19.4 Å². The van der Waals surface area contributed by atoms with Crippen LogP contribution in [0.5, 0.6) is 0 Å². The van der Waals surface area contributed by atoms with Gasteiger partial charge in [0.25, 0.3) is 0 Å². The highest BCUT2D eigenvalue weighted by Gasteiger charge is 2.44. The summed E-state index contributed by atoms with van der Waals surface area (Å²) in [6.45, 7) is 7.20. The van der Waals surface area contributed by atoms with Crippen molar-refractivity contribution in [3.05, 3.63) is 0 Å². The predicted octanol–water partition coefficient (Wildman–Crippen LogP) is 1.27. The van der Waals surface area contributed by atoms with Crippen molar-refractivity contribution in [1.29, 1.82) is 0 Å². The van der Waals surface area contributed by atoms with Crippen molar-refractivity contribution in [2.75, 3.05) is 13.1 Å². The fourth-order valence-corrected chi connectivity index (χ4v) is 2.27. The van der Waals surface area contributed by atoms with Gasteiger partial charge in [0.15, 0.2) is 0 Å². The van der Waals surface area contributed by atoms with Gasteiger partial charge in [0.05, 0.1) is 6.42 Å². The second kappa shape index (κ2) is 5.49. The first kappa shape index (κ1) is 14.0.